The molecule has 4 aromatic rings. The average Bonchev–Trinajstić information content (AvgIpc) is 3.51. The van der Waals surface area contributed by atoms with E-state index in [9.17, 15) is 22.4 Å². The molecule has 41 heavy (non-hydrogen) atoms. The number of imidazole rings is 1. The molecule has 6 rings (SSSR count). The van der Waals surface area contributed by atoms with Gasteiger partial charge in [0.2, 0.25) is 0 Å². The van der Waals surface area contributed by atoms with Gasteiger partial charge >= 0.3 is 11.9 Å². The van der Waals surface area contributed by atoms with Gasteiger partial charge in [-0.05, 0) is 49.7 Å². The van der Waals surface area contributed by atoms with Crippen molar-refractivity contribution in [2.24, 2.45) is 0 Å². The topological polar surface area (TPSA) is 49.5 Å². The second kappa shape index (κ2) is 10.5. The molecule has 0 radical (unpaired) electrons. The van der Waals surface area contributed by atoms with Gasteiger partial charge in [0.25, 0.3) is 0 Å². The second-order valence-corrected chi connectivity index (χ2v) is 11.0. The highest BCUT2D eigenvalue weighted by Gasteiger charge is 2.35. The Kier molecular flexibility index (Phi) is 7.01. The van der Waals surface area contributed by atoms with Crippen molar-refractivity contribution >= 4 is 22.5 Å². The Balaban J connectivity index is 1.48. The van der Waals surface area contributed by atoms with Gasteiger partial charge in [0.1, 0.15) is 11.3 Å². The molecule has 0 amide bonds. The molecule has 0 spiro atoms. The van der Waals surface area contributed by atoms with Crippen LogP contribution in [0.4, 0.5) is 29.1 Å². The lowest BCUT2D eigenvalue weighted by atomic mass is 10.1. The van der Waals surface area contributed by atoms with Crippen LogP contribution < -0.4 is 15.5 Å². The fourth-order valence-electron chi connectivity index (χ4n) is 6.25. The number of hydrogen-bond acceptors (Lipinski definition) is 5. The Morgan fingerprint density at radius 1 is 0.951 bits per heavy atom. The number of hydrogen-bond donors (Lipinski definition) is 0. The molecule has 2 aromatic heterocycles. The molecule has 0 N–H and O–H groups in total. The minimum absolute atomic E-state index is 0.0179. The number of aromatic nitrogens is 3. The number of aryl methyl sites for hydroxylation is 1. The third kappa shape index (κ3) is 4.96. The number of anilines is 2. The highest BCUT2D eigenvalue weighted by molar-refractivity contribution is 5.87. The molecule has 0 bridgehead atoms. The van der Waals surface area contributed by atoms with Gasteiger partial charge in [-0.15, -0.1) is 0 Å². The molecule has 216 valence electrons. The quantitative estimate of drug-likeness (QED) is 0.320. The van der Waals surface area contributed by atoms with Gasteiger partial charge in [-0.25, -0.2) is 14.2 Å². The summed E-state index contributed by atoms with van der Waals surface area (Å²) in [6.07, 6.45) is -2.30. The maximum absolute atomic E-state index is 14.8. The molecule has 2 aliphatic rings. The molecular formula is C30H32F4N6O. The smallest absolute Gasteiger partial charge is 0.367 e. The SMILES string of the molecule is Cc1cccc(F)c1N1CC[C@@H](n2c(=O)n(Cc3ccccc3C(F)(F)F)c3c(N4CCN(C)CC4)nccc32)C1. The fourth-order valence-corrected chi connectivity index (χ4v) is 6.25. The van der Waals surface area contributed by atoms with Gasteiger partial charge in [-0.3, -0.25) is 9.13 Å². The number of halogens is 4. The molecule has 1 atom stereocenters. The molecule has 2 saturated heterocycles. The van der Waals surface area contributed by atoms with Crippen LogP contribution >= 0.6 is 0 Å². The fraction of sp³-hybridized carbons (Fsp3) is 0.400. The summed E-state index contributed by atoms with van der Waals surface area (Å²) in [7, 11) is 2.04. The van der Waals surface area contributed by atoms with Gasteiger partial charge in [0.15, 0.2) is 5.82 Å². The van der Waals surface area contributed by atoms with E-state index in [1.165, 1.54) is 22.8 Å². The molecular weight excluding hydrogens is 536 g/mol. The molecule has 0 aliphatic carbocycles. The van der Waals surface area contributed by atoms with E-state index < -0.39 is 17.4 Å². The van der Waals surface area contributed by atoms with Crippen molar-refractivity contribution in [2.45, 2.75) is 32.1 Å². The normalized spacial score (nSPS) is 18.5. The lowest BCUT2D eigenvalue weighted by Crippen LogP contribution is -2.45. The largest absolute Gasteiger partial charge is 0.416 e. The van der Waals surface area contributed by atoms with Crippen LogP contribution in [-0.4, -0.2) is 65.3 Å². The first-order valence-corrected chi connectivity index (χ1v) is 13.8. The van der Waals surface area contributed by atoms with E-state index in [-0.39, 0.29) is 24.0 Å². The van der Waals surface area contributed by atoms with Gasteiger partial charge in [-0.2, -0.15) is 13.2 Å². The van der Waals surface area contributed by atoms with E-state index in [0.29, 0.717) is 55.1 Å². The molecule has 4 heterocycles. The van der Waals surface area contributed by atoms with E-state index in [1.54, 1.807) is 29.0 Å². The van der Waals surface area contributed by atoms with Crippen molar-refractivity contribution in [2.75, 3.05) is 56.1 Å². The molecule has 0 unspecified atom stereocenters. The zero-order valence-corrected chi connectivity index (χ0v) is 23.0. The summed E-state index contributed by atoms with van der Waals surface area (Å²) in [5.41, 5.74) is 1.35. The Hall–Kier alpha value is -3.86. The molecule has 2 fully saturated rings. The highest BCUT2D eigenvalue weighted by Crippen LogP contribution is 2.36. The molecule has 2 aromatic carbocycles. The number of rotatable bonds is 5. The summed E-state index contributed by atoms with van der Waals surface area (Å²) in [4.78, 5) is 25.1. The third-order valence-electron chi connectivity index (χ3n) is 8.34. The van der Waals surface area contributed by atoms with Gasteiger partial charge in [0.05, 0.1) is 29.4 Å². The minimum Gasteiger partial charge on any atom is -0.367 e. The lowest BCUT2D eigenvalue weighted by molar-refractivity contribution is -0.138. The first-order chi connectivity index (χ1) is 19.6. The predicted octanol–water partition coefficient (Wildman–Crippen LogP) is 4.92. The van der Waals surface area contributed by atoms with E-state index in [2.05, 4.69) is 14.8 Å². The maximum atomic E-state index is 14.8. The van der Waals surface area contributed by atoms with E-state index in [0.717, 1.165) is 24.7 Å². The summed E-state index contributed by atoms with van der Waals surface area (Å²) >= 11 is 0. The predicted molar refractivity (Wildman–Crippen MR) is 151 cm³/mol. The number of benzene rings is 2. The van der Waals surface area contributed by atoms with Crippen LogP contribution in [0.1, 0.15) is 29.2 Å². The number of piperazine rings is 1. The number of para-hydroxylation sites is 1. The third-order valence-corrected chi connectivity index (χ3v) is 8.34. The van der Waals surface area contributed by atoms with Crippen LogP contribution in [0.25, 0.3) is 11.0 Å². The Morgan fingerprint density at radius 3 is 2.44 bits per heavy atom. The number of likely N-dealkylation sites (N-methyl/N-ethyl adjacent to an activating group) is 1. The zero-order chi connectivity index (χ0) is 28.9. The first-order valence-electron chi connectivity index (χ1n) is 13.8. The van der Waals surface area contributed by atoms with Crippen LogP contribution in [-0.2, 0) is 12.7 Å². The number of pyridine rings is 1. The first kappa shape index (κ1) is 27.3. The molecule has 11 heteroatoms. The lowest BCUT2D eigenvalue weighted by Gasteiger charge is -2.33. The average molecular weight is 569 g/mol. The molecule has 2 aliphatic heterocycles. The maximum Gasteiger partial charge on any atom is 0.416 e. The van der Waals surface area contributed by atoms with Crippen LogP contribution in [0.5, 0.6) is 0 Å². The summed E-state index contributed by atoms with van der Waals surface area (Å²) in [6, 6.07) is 11.8. The van der Waals surface area contributed by atoms with E-state index >= 15 is 0 Å². The second-order valence-electron chi connectivity index (χ2n) is 11.0. The van der Waals surface area contributed by atoms with Crippen LogP contribution in [0, 0.1) is 12.7 Å². The Labute approximate surface area is 235 Å². The van der Waals surface area contributed by atoms with E-state index in [1.807, 2.05) is 24.9 Å². The van der Waals surface area contributed by atoms with Crippen LogP contribution in [0.2, 0.25) is 0 Å². The summed E-state index contributed by atoms with van der Waals surface area (Å²) in [5.74, 6) is 0.279. The standard InChI is InChI=1S/C30H32F4N6O/c1-20-6-5-9-24(31)26(20)38-13-11-22(19-38)40-25-10-12-35-28(37-16-14-36(2)15-17-37)27(25)39(29(40)41)18-21-7-3-4-8-23(21)30(32,33)34/h3-10,12,22H,11,13-19H2,1-2H3/t22-/m1/s1. The highest BCUT2D eigenvalue weighted by atomic mass is 19.4. The Bertz CT molecular complexity index is 1620. The van der Waals surface area contributed by atoms with Gasteiger partial charge in [-0.1, -0.05) is 30.3 Å². The molecule has 7 nitrogen and oxygen atoms in total. The van der Waals surface area contributed by atoms with Gasteiger partial charge in [0, 0.05) is 45.5 Å². The van der Waals surface area contributed by atoms with Crippen LogP contribution in [0.15, 0.2) is 59.5 Å². The summed E-state index contributed by atoms with van der Waals surface area (Å²) in [6.45, 7) is 5.56. The summed E-state index contributed by atoms with van der Waals surface area (Å²) in [5, 5.41) is 0. The van der Waals surface area contributed by atoms with Crippen LogP contribution in [0.3, 0.4) is 0 Å². The van der Waals surface area contributed by atoms with Crippen molar-refractivity contribution in [3.05, 3.63) is 87.7 Å². The van der Waals surface area contributed by atoms with Gasteiger partial charge < -0.3 is 14.7 Å². The number of nitrogens with zero attached hydrogens (tertiary/aromatic N) is 6. The molecule has 0 saturated carbocycles. The van der Waals surface area contributed by atoms with E-state index in [4.69, 9.17) is 0 Å². The number of fused-ring (bicyclic) bond motifs is 1. The Morgan fingerprint density at radius 2 is 1.71 bits per heavy atom. The van der Waals surface area contributed by atoms with Crippen molar-refractivity contribution in [1.82, 2.24) is 19.0 Å². The monoisotopic (exact) mass is 568 g/mol. The summed E-state index contributed by atoms with van der Waals surface area (Å²) < 4.78 is 59.7. The van der Waals surface area contributed by atoms with Crippen molar-refractivity contribution in [3.63, 3.8) is 0 Å². The zero-order valence-electron chi connectivity index (χ0n) is 23.0. The van der Waals surface area contributed by atoms with Crippen molar-refractivity contribution in [1.29, 1.82) is 0 Å². The van der Waals surface area contributed by atoms with Crippen molar-refractivity contribution in [3.8, 4) is 0 Å². The van der Waals surface area contributed by atoms with Crippen molar-refractivity contribution < 1.29 is 17.6 Å². The minimum atomic E-state index is -4.55. The number of alkyl halides is 3.